The van der Waals surface area contributed by atoms with Gasteiger partial charge in [-0.1, -0.05) is 6.07 Å². The molecule has 3 rings (SSSR count). The molecule has 0 spiro atoms. The van der Waals surface area contributed by atoms with Crippen LogP contribution >= 0.6 is 11.3 Å². The minimum Gasteiger partial charge on any atom is -0.480 e. The van der Waals surface area contributed by atoms with Gasteiger partial charge >= 0.3 is 0 Å². The van der Waals surface area contributed by atoms with Gasteiger partial charge in [0.05, 0.1) is 17.7 Å². The number of hydrogen-bond donors (Lipinski definition) is 1. The lowest BCUT2D eigenvalue weighted by Crippen LogP contribution is -2.23. The predicted molar refractivity (Wildman–Crippen MR) is 89.5 cm³/mol. The maximum absolute atomic E-state index is 12.3. The first-order valence-electron chi connectivity index (χ1n) is 7.04. The molecule has 3 aromatic heterocycles. The molecular formula is C17H15N3O2S. The maximum Gasteiger partial charge on any atom is 0.257 e. The maximum atomic E-state index is 12.3. The summed E-state index contributed by atoms with van der Waals surface area (Å²) < 4.78 is 5.11. The van der Waals surface area contributed by atoms with E-state index in [0.29, 0.717) is 18.0 Å². The molecule has 0 aliphatic heterocycles. The zero-order chi connectivity index (χ0) is 16.1. The van der Waals surface area contributed by atoms with Crippen LogP contribution in [-0.4, -0.2) is 23.0 Å². The van der Waals surface area contributed by atoms with Gasteiger partial charge in [-0.15, -0.1) is 11.3 Å². The van der Waals surface area contributed by atoms with E-state index in [9.17, 15) is 4.79 Å². The Bertz CT molecular complexity index is 803. The van der Waals surface area contributed by atoms with E-state index in [1.807, 2.05) is 29.6 Å². The van der Waals surface area contributed by atoms with E-state index in [1.165, 1.54) is 7.11 Å². The Morgan fingerprint density at radius 1 is 1.22 bits per heavy atom. The van der Waals surface area contributed by atoms with Crippen LogP contribution in [0.5, 0.6) is 5.88 Å². The van der Waals surface area contributed by atoms with Crippen LogP contribution in [0, 0.1) is 0 Å². The first-order chi connectivity index (χ1) is 11.3. The number of hydrogen-bond acceptors (Lipinski definition) is 5. The fraction of sp³-hybridized carbons (Fsp3) is 0.118. The quantitative estimate of drug-likeness (QED) is 0.783. The monoisotopic (exact) mass is 325 g/mol. The van der Waals surface area contributed by atoms with E-state index in [-0.39, 0.29) is 5.91 Å². The molecule has 0 aromatic carbocycles. The standard InChI is InChI=1S/C17H15N3O2S/c1-22-17-13(4-2-7-19-17)16(21)20-11-12-6-8-18-14(10-12)15-5-3-9-23-15/h2-10H,11H2,1H3,(H,20,21). The number of pyridine rings is 2. The smallest absolute Gasteiger partial charge is 0.257 e. The Balaban J connectivity index is 1.71. The van der Waals surface area contributed by atoms with Crippen LogP contribution in [-0.2, 0) is 6.54 Å². The predicted octanol–water partition coefficient (Wildman–Crippen LogP) is 3.14. The molecule has 0 bridgehead atoms. The second-order valence-electron chi connectivity index (χ2n) is 4.77. The third-order valence-corrected chi connectivity index (χ3v) is 4.15. The van der Waals surface area contributed by atoms with Crippen molar-refractivity contribution < 1.29 is 9.53 Å². The van der Waals surface area contributed by atoms with Crippen molar-refractivity contribution in [3.05, 3.63) is 65.3 Å². The van der Waals surface area contributed by atoms with E-state index in [4.69, 9.17) is 4.74 Å². The Kier molecular flexibility index (Phi) is 4.63. The van der Waals surface area contributed by atoms with Crippen LogP contribution in [0.1, 0.15) is 15.9 Å². The van der Waals surface area contributed by atoms with Crippen LogP contribution in [0.4, 0.5) is 0 Å². The Labute approximate surface area is 138 Å². The highest BCUT2D eigenvalue weighted by atomic mass is 32.1. The van der Waals surface area contributed by atoms with Gasteiger partial charge in [0.2, 0.25) is 5.88 Å². The molecule has 0 atom stereocenters. The van der Waals surface area contributed by atoms with E-state index in [2.05, 4.69) is 15.3 Å². The molecule has 3 aromatic rings. The van der Waals surface area contributed by atoms with Gasteiger partial charge < -0.3 is 10.1 Å². The molecule has 116 valence electrons. The molecule has 1 N–H and O–H groups in total. The summed E-state index contributed by atoms with van der Waals surface area (Å²) in [5.74, 6) is 0.100. The number of ether oxygens (including phenoxy) is 1. The van der Waals surface area contributed by atoms with E-state index >= 15 is 0 Å². The summed E-state index contributed by atoms with van der Waals surface area (Å²) >= 11 is 1.64. The number of carbonyl (C=O) groups excluding carboxylic acids is 1. The Morgan fingerprint density at radius 3 is 2.91 bits per heavy atom. The SMILES string of the molecule is COc1ncccc1C(=O)NCc1ccnc(-c2cccs2)c1. The van der Waals surface area contributed by atoms with Crippen molar-refractivity contribution in [1.82, 2.24) is 15.3 Å². The van der Waals surface area contributed by atoms with Crippen LogP contribution in [0.15, 0.2) is 54.2 Å². The van der Waals surface area contributed by atoms with Crippen LogP contribution in [0.3, 0.4) is 0 Å². The number of rotatable bonds is 5. The Morgan fingerprint density at radius 2 is 2.13 bits per heavy atom. The molecule has 0 aliphatic carbocycles. The van der Waals surface area contributed by atoms with Crippen LogP contribution in [0.2, 0.25) is 0 Å². The summed E-state index contributed by atoms with van der Waals surface area (Å²) in [6, 6.07) is 11.3. The molecule has 0 fully saturated rings. The van der Waals surface area contributed by atoms with Crippen molar-refractivity contribution in [2.45, 2.75) is 6.54 Å². The Hall–Kier alpha value is -2.73. The molecule has 5 nitrogen and oxygen atoms in total. The number of nitrogens with zero attached hydrogens (tertiary/aromatic N) is 2. The highest BCUT2D eigenvalue weighted by Gasteiger charge is 2.12. The van der Waals surface area contributed by atoms with Crippen LogP contribution in [0.25, 0.3) is 10.6 Å². The summed E-state index contributed by atoms with van der Waals surface area (Å²) in [6.07, 6.45) is 3.34. The van der Waals surface area contributed by atoms with Gasteiger partial charge in [-0.05, 0) is 41.3 Å². The minimum atomic E-state index is -0.218. The van der Waals surface area contributed by atoms with Gasteiger partial charge in [0.1, 0.15) is 5.56 Å². The average Bonchev–Trinajstić information content (AvgIpc) is 3.14. The summed E-state index contributed by atoms with van der Waals surface area (Å²) in [5.41, 5.74) is 2.31. The van der Waals surface area contributed by atoms with Crippen molar-refractivity contribution in [3.8, 4) is 16.5 Å². The fourth-order valence-electron chi connectivity index (χ4n) is 2.15. The molecule has 0 saturated carbocycles. The van der Waals surface area contributed by atoms with Gasteiger partial charge in [-0.2, -0.15) is 0 Å². The van der Waals surface area contributed by atoms with Crippen molar-refractivity contribution in [2.24, 2.45) is 0 Å². The number of carbonyl (C=O) groups is 1. The number of methoxy groups -OCH3 is 1. The molecule has 0 radical (unpaired) electrons. The normalized spacial score (nSPS) is 10.3. The lowest BCUT2D eigenvalue weighted by atomic mass is 10.2. The first-order valence-corrected chi connectivity index (χ1v) is 7.92. The van der Waals surface area contributed by atoms with E-state index in [0.717, 1.165) is 16.1 Å². The second-order valence-corrected chi connectivity index (χ2v) is 5.72. The lowest BCUT2D eigenvalue weighted by molar-refractivity contribution is 0.0947. The lowest BCUT2D eigenvalue weighted by Gasteiger charge is -2.08. The molecule has 0 aliphatic rings. The molecule has 0 unspecified atom stereocenters. The average molecular weight is 325 g/mol. The molecule has 6 heteroatoms. The topological polar surface area (TPSA) is 64.1 Å². The molecule has 1 amide bonds. The summed E-state index contributed by atoms with van der Waals surface area (Å²) in [4.78, 5) is 21.8. The van der Waals surface area contributed by atoms with E-state index < -0.39 is 0 Å². The molecule has 23 heavy (non-hydrogen) atoms. The largest absolute Gasteiger partial charge is 0.480 e. The minimum absolute atomic E-state index is 0.218. The summed E-state index contributed by atoms with van der Waals surface area (Å²) in [5, 5.41) is 4.89. The summed E-state index contributed by atoms with van der Waals surface area (Å²) in [6.45, 7) is 0.414. The van der Waals surface area contributed by atoms with Crippen molar-refractivity contribution in [3.63, 3.8) is 0 Å². The van der Waals surface area contributed by atoms with E-state index in [1.54, 1.807) is 35.9 Å². The first kappa shape index (κ1) is 15.2. The highest BCUT2D eigenvalue weighted by Crippen LogP contribution is 2.23. The van der Waals surface area contributed by atoms with Gasteiger partial charge in [0, 0.05) is 18.9 Å². The number of aromatic nitrogens is 2. The van der Waals surface area contributed by atoms with Gasteiger partial charge in [-0.25, -0.2) is 4.98 Å². The molecule has 3 heterocycles. The highest BCUT2D eigenvalue weighted by molar-refractivity contribution is 7.13. The second kappa shape index (κ2) is 7.02. The third kappa shape index (κ3) is 3.54. The fourth-order valence-corrected chi connectivity index (χ4v) is 2.84. The van der Waals surface area contributed by atoms with Gasteiger partial charge in [0.15, 0.2) is 0 Å². The van der Waals surface area contributed by atoms with Gasteiger partial charge in [-0.3, -0.25) is 9.78 Å². The third-order valence-electron chi connectivity index (χ3n) is 3.26. The summed E-state index contributed by atoms with van der Waals surface area (Å²) in [7, 11) is 1.50. The van der Waals surface area contributed by atoms with Gasteiger partial charge in [0.25, 0.3) is 5.91 Å². The van der Waals surface area contributed by atoms with Crippen molar-refractivity contribution in [1.29, 1.82) is 0 Å². The number of nitrogens with one attached hydrogen (secondary N) is 1. The number of thiophene rings is 1. The zero-order valence-electron chi connectivity index (χ0n) is 12.5. The van der Waals surface area contributed by atoms with Crippen molar-refractivity contribution >= 4 is 17.2 Å². The van der Waals surface area contributed by atoms with Crippen molar-refractivity contribution in [2.75, 3.05) is 7.11 Å². The zero-order valence-corrected chi connectivity index (χ0v) is 13.3. The molecular weight excluding hydrogens is 310 g/mol. The molecule has 0 saturated heterocycles. The van der Waals surface area contributed by atoms with Crippen LogP contribution < -0.4 is 10.1 Å². The number of amides is 1.